The van der Waals surface area contributed by atoms with Crippen LogP contribution in [0.3, 0.4) is 0 Å². The summed E-state index contributed by atoms with van der Waals surface area (Å²) in [4.78, 5) is 0. The van der Waals surface area contributed by atoms with Crippen LogP contribution in [0.25, 0.3) is 0 Å². The summed E-state index contributed by atoms with van der Waals surface area (Å²) in [6, 6.07) is 0. The zero-order valence-electron chi connectivity index (χ0n) is 22.3. The molecule has 190 valence electrons. The third kappa shape index (κ3) is 19.4. The molecule has 0 heterocycles. The normalized spacial score (nSPS) is 12.7. The molecule has 0 saturated heterocycles. The highest BCUT2D eigenvalue weighted by molar-refractivity contribution is 5.85. The summed E-state index contributed by atoms with van der Waals surface area (Å²) in [6.07, 6.45) is 31.6. The maximum Gasteiger partial charge on any atom is 0.0182 e. The molecule has 0 aromatic heterocycles. The van der Waals surface area contributed by atoms with E-state index in [9.17, 15) is 0 Å². The lowest BCUT2D eigenvalue weighted by Crippen LogP contribution is -2.47. The molecule has 0 aliphatic carbocycles. The van der Waals surface area contributed by atoms with E-state index in [1.807, 2.05) is 0 Å². The van der Waals surface area contributed by atoms with E-state index in [2.05, 4.69) is 27.7 Å². The second kappa shape index (κ2) is 24.9. The summed E-state index contributed by atoms with van der Waals surface area (Å²) < 4.78 is 0. The average Bonchev–Trinajstić information content (AvgIpc) is 2.74. The number of hydrogen-bond acceptors (Lipinski definition) is 1. The topological polar surface area (TPSA) is 26.0 Å². The molecule has 0 saturated carbocycles. The van der Waals surface area contributed by atoms with Gasteiger partial charge in [0, 0.05) is 5.54 Å². The van der Waals surface area contributed by atoms with E-state index < -0.39 is 0 Å². The van der Waals surface area contributed by atoms with Crippen molar-refractivity contribution in [2.75, 3.05) is 0 Å². The third-order valence-corrected chi connectivity index (χ3v) is 7.37. The maximum absolute atomic E-state index is 7.33. The van der Waals surface area contributed by atoms with Gasteiger partial charge in [-0.3, -0.25) is 0 Å². The molecule has 0 amide bonds. The molecule has 1 atom stereocenters. The first-order chi connectivity index (χ1) is 14.6. The first kappa shape index (κ1) is 33.4. The molecular weight excluding hydrogens is 398 g/mol. The molecule has 0 spiro atoms. The molecule has 0 aromatic rings. The van der Waals surface area contributed by atoms with Gasteiger partial charge in [-0.1, -0.05) is 150 Å². The highest BCUT2D eigenvalue weighted by Crippen LogP contribution is 2.35. The second-order valence-electron chi connectivity index (χ2n) is 10.3. The minimum Gasteiger partial charge on any atom is -0.325 e. The summed E-state index contributed by atoms with van der Waals surface area (Å²) >= 11 is 0. The van der Waals surface area contributed by atoms with Crippen LogP contribution < -0.4 is 5.73 Å². The largest absolute Gasteiger partial charge is 0.325 e. The molecule has 1 unspecified atom stereocenters. The summed E-state index contributed by atoms with van der Waals surface area (Å²) in [5, 5.41) is 0. The van der Waals surface area contributed by atoms with Crippen molar-refractivity contribution in [1.29, 1.82) is 0 Å². The van der Waals surface area contributed by atoms with E-state index in [1.54, 1.807) is 0 Å². The van der Waals surface area contributed by atoms with Crippen molar-refractivity contribution in [1.82, 2.24) is 0 Å². The molecule has 0 radical (unpaired) electrons. The Labute approximate surface area is 204 Å². The maximum atomic E-state index is 7.33. The van der Waals surface area contributed by atoms with Gasteiger partial charge in [-0.25, -0.2) is 0 Å². The molecule has 0 aliphatic heterocycles. The highest BCUT2D eigenvalue weighted by Gasteiger charge is 2.33. The predicted molar refractivity (Wildman–Crippen MR) is 147 cm³/mol. The van der Waals surface area contributed by atoms with E-state index in [4.69, 9.17) is 5.73 Å². The molecule has 31 heavy (non-hydrogen) atoms. The van der Waals surface area contributed by atoms with Gasteiger partial charge in [0.15, 0.2) is 0 Å². The minimum absolute atomic E-state index is 0. The summed E-state index contributed by atoms with van der Waals surface area (Å²) in [6.45, 7) is 9.27. The van der Waals surface area contributed by atoms with Gasteiger partial charge in [0.25, 0.3) is 0 Å². The molecule has 0 fully saturated rings. The van der Waals surface area contributed by atoms with Gasteiger partial charge >= 0.3 is 0 Å². The molecule has 2 heteroatoms. The Morgan fingerprint density at radius 1 is 0.452 bits per heavy atom. The number of halogens is 1. The lowest BCUT2D eigenvalue weighted by atomic mass is 9.72. The SMILES string of the molecule is CCCCCCCC(CCCCCC)C(N)(CCCCCCC)CCCCCCC.Cl. The lowest BCUT2D eigenvalue weighted by Gasteiger charge is -2.39. The number of hydrogen-bond donors (Lipinski definition) is 1. The van der Waals surface area contributed by atoms with Gasteiger partial charge in [0.1, 0.15) is 0 Å². The van der Waals surface area contributed by atoms with Gasteiger partial charge < -0.3 is 5.73 Å². The summed E-state index contributed by atoms with van der Waals surface area (Å²) in [5.74, 6) is 0.758. The van der Waals surface area contributed by atoms with Gasteiger partial charge in [-0.05, 0) is 31.6 Å². The van der Waals surface area contributed by atoms with Crippen molar-refractivity contribution >= 4 is 12.4 Å². The molecular formula is C29H62ClN. The molecule has 0 rings (SSSR count). The van der Waals surface area contributed by atoms with Crippen molar-refractivity contribution in [3.63, 3.8) is 0 Å². The summed E-state index contributed by atoms with van der Waals surface area (Å²) in [5.41, 5.74) is 7.43. The fourth-order valence-electron chi connectivity index (χ4n) is 5.18. The number of rotatable bonds is 24. The summed E-state index contributed by atoms with van der Waals surface area (Å²) in [7, 11) is 0. The fraction of sp³-hybridized carbons (Fsp3) is 1.00. The molecule has 0 bridgehead atoms. The van der Waals surface area contributed by atoms with Crippen LogP contribution in [0.15, 0.2) is 0 Å². The zero-order valence-corrected chi connectivity index (χ0v) is 23.1. The standard InChI is InChI=1S/C29H61N.ClH/c1-5-9-13-17-21-25-28(24-20-16-12-8-4)29(30,26-22-18-14-10-6-2)27-23-19-15-11-7-3;/h28H,5-27,30H2,1-4H3;1H. The smallest absolute Gasteiger partial charge is 0.0182 e. The predicted octanol–water partition coefficient (Wildman–Crippen LogP) is 10.8. The van der Waals surface area contributed by atoms with Crippen molar-refractivity contribution in [2.24, 2.45) is 11.7 Å². The van der Waals surface area contributed by atoms with E-state index in [-0.39, 0.29) is 17.9 Å². The van der Waals surface area contributed by atoms with Crippen LogP contribution in [0.2, 0.25) is 0 Å². The molecule has 0 aliphatic rings. The van der Waals surface area contributed by atoms with Gasteiger partial charge in [-0.2, -0.15) is 0 Å². The molecule has 2 N–H and O–H groups in total. The van der Waals surface area contributed by atoms with E-state index in [1.165, 1.54) is 148 Å². The van der Waals surface area contributed by atoms with Crippen LogP contribution in [-0.4, -0.2) is 5.54 Å². The Bertz CT molecular complexity index is 317. The quantitative estimate of drug-likeness (QED) is 0.143. The van der Waals surface area contributed by atoms with Crippen molar-refractivity contribution in [3.8, 4) is 0 Å². The Hall–Kier alpha value is 0.250. The van der Waals surface area contributed by atoms with Crippen LogP contribution in [0, 0.1) is 5.92 Å². The van der Waals surface area contributed by atoms with Crippen LogP contribution in [0.5, 0.6) is 0 Å². The van der Waals surface area contributed by atoms with Gasteiger partial charge in [0.05, 0.1) is 0 Å². The van der Waals surface area contributed by atoms with E-state index in [0.717, 1.165) is 5.92 Å². The minimum atomic E-state index is 0. The third-order valence-electron chi connectivity index (χ3n) is 7.37. The van der Waals surface area contributed by atoms with E-state index in [0.29, 0.717) is 0 Å². The first-order valence-corrected chi connectivity index (χ1v) is 14.4. The average molecular weight is 460 g/mol. The van der Waals surface area contributed by atoms with Gasteiger partial charge in [-0.15, -0.1) is 12.4 Å². The fourth-order valence-corrected chi connectivity index (χ4v) is 5.18. The van der Waals surface area contributed by atoms with Crippen molar-refractivity contribution < 1.29 is 0 Å². The van der Waals surface area contributed by atoms with Crippen LogP contribution in [0.1, 0.15) is 175 Å². The van der Waals surface area contributed by atoms with Crippen LogP contribution in [-0.2, 0) is 0 Å². The van der Waals surface area contributed by atoms with Crippen LogP contribution in [0.4, 0.5) is 0 Å². The monoisotopic (exact) mass is 459 g/mol. The number of nitrogens with two attached hydrogens (primary N) is 1. The van der Waals surface area contributed by atoms with Crippen LogP contribution >= 0.6 is 12.4 Å². The van der Waals surface area contributed by atoms with Crippen molar-refractivity contribution in [2.45, 2.75) is 181 Å². The van der Waals surface area contributed by atoms with Crippen molar-refractivity contribution in [3.05, 3.63) is 0 Å². The Kier molecular flexibility index (Phi) is 26.8. The van der Waals surface area contributed by atoms with E-state index >= 15 is 0 Å². The Morgan fingerprint density at radius 2 is 0.742 bits per heavy atom. The highest BCUT2D eigenvalue weighted by atomic mass is 35.5. The first-order valence-electron chi connectivity index (χ1n) is 14.4. The lowest BCUT2D eigenvalue weighted by molar-refractivity contribution is 0.189. The molecule has 0 aromatic carbocycles. The molecule has 1 nitrogen and oxygen atoms in total. The number of unbranched alkanes of at least 4 members (excludes halogenated alkanes) is 15. The Morgan fingerprint density at radius 3 is 1.10 bits per heavy atom. The van der Waals surface area contributed by atoms with Gasteiger partial charge in [0.2, 0.25) is 0 Å². The Balaban J connectivity index is 0. The second-order valence-corrected chi connectivity index (χ2v) is 10.3. The zero-order chi connectivity index (χ0) is 22.3.